The van der Waals surface area contributed by atoms with Crippen molar-refractivity contribution < 1.29 is 4.42 Å². The minimum absolute atomic E-state index is 0.638. The van der Waals surface area contributed by atoms with Gasteiger partial charge in [0.2, 0.25) is 0 Å². The Morgan fingerprint density at radius 1 is 1.53 bits per heavy atom. The zero-order valence-electron chi connectivity index (χ0n) is 8.90. The van der Waals surface area contributed by atoms with Crippen LogP contribution in [0.25, 0.3) is 0 Å². The largest absolute Gasteiger partial charge is 0.447 e. The van der Waals surface area contributed by atoms with Gasteiger partial charge in [0.1, 0.15) is 5.76 Å². The molecule has 2 aromatic heterocycles. The van der Waals surface area contributed by atoms with E-state index in [1.54, 1.807) is 6.20 Å². The zero-order valence-corrected chi connectivity index (χ0v) is 8.90. The molecule has 0 amide bonds. The molecule has 0 fully saturated rings. The van der Waals surface area contributed by atoms with E-state index in [1.165, 1.54) is 6.39 Å². The van der Waals surface area contributed by atoms with Gasteiger partial charge in [-0.25, -0.2) is 4.98 Å². The fourth-order valence-electron chi connectivity index (χ4n) is 1.46. The topological polar surface area (TPSA) is 55.9 Å². The minimum Gasteiger partial charge on any atom is -0.447 e. The first kappa shape index (κ1) is 9.76. The molecule has 0 aliphatic heterocycles. The molecule has 0 bridgehead atoms. The molecule has 0 aliphatic carbocycles. The maximum atomic E-state index is 5.13. The van der Waals surface area contributed by atoms with E-state index in [-0.39, 0.29) is 0 Å². The summed E-state index contributed by atoms with van der Waals surface area (Å²) in [5, 5.41) is 7.61. The molecule has 5 nitrogen and oxygen atoms in total. The second-order valence-corrected chi connectivity index (χ2v) is 3.34. The van der Waals surface area contributed by atoms with E-state index in [2.05, 4.69) is 22.3 Å². The lowest BCUT2D eigenvalue weighted by atomic mass is 10.3. The first-order chi connectivity index (χ1) is 7.29. The maximum Gasteiger partial charge on any atom is 0.180 e. The molecule has 0 radical (unpaired) electrons. The van der Waals surface area contributed by atoms with Gasteiger partial charge < -0.3 is 9.73 Å². The molecule has 2 rings (SSSR count). The summed E-state index contributed by atoms with van der Waals surface area (Å²) in [7, 11) is 1.92. The lowest BCUT2D eigenvalue weighted by Gasteiger charge is -2.01. The van der Waals surface area contributed by atoms with Crippen LogP contribution >= 0.6 is 0 Å². The summed E-state index contributed by atoms with van der Waals surface area (Å²) in [5.74, 6) is 0.820. The number of aryl methyl sites for hydroxylation is 2. The van der Waals surface area contributed by atoms with Crippen molar-refractivity contribution in [3.05, 3.63) is 30.2 Å². The summed E-state index contributed by atoms with van der Waals surface area (Å²) >= 11 is 0. The summed E-state index contributed by atoms with van der Waals surface area (Å²) in [6.45, 7) is 2.72. The van der Waals surface area contributed by atoms with Crippen LogP contribution in [0.2, 0.25) is 0 Å². The van der Waals surface area contributed by atoms with Crippen molar-refractivity contribution in [2.24, 2.45) is 7.05 Å². The van der Waals surface area contributed by atoms with E-state index >= 15 is 0 Å². The molecule has 2 heterocycles. The quantitative estimate of drug-likeness (QED) is 0.825. The van der Waals surface area contributed by atoms with Crippen LogP contribution in [0.3, 0.4) is 0 Å². The number of aromatic nitrogens is 3. The SMILES string of the molecule is CCc1nn(C)cc1NCc1cnco1. The Kier molecular flexibility index (Phi) is 2.71. The number of hydrogen-bond donors (Lipinski definition) is 1. The molecule has 2 aromatic rings. The highest BCUT2D eigenvalue weighted by atomic mass is 16.3. The van der Waals surface area contributed by atoms with Crippen molar-refractivity contribution >= 4 is 5.69 Å². The van der Waals surface area contributed by atoms with Crippen molar-refractivity contribution in [1.29, 1.82) is 0 Å². The van der Waals surface area contributed by atoms with Crippen LogP contribution in [-0.2, 0) is 20.0 Å². The summed E-state index contributed by atoms with van der Waals surface area (Å²) in [4.78, 5) is 3.85. The van der Waals surface area contributed by atoms with Crippen LogP contribution in [0.15, 0.2) is 23.2 Å². The average Bonchev–Trinajstić information content (AvgIpc) is 2.83. The normalized spacial score (nSPS) is 10.5. The average molecular weight is 206 g/mol. The van der Waals surface area contributed by atoms with Gasteiger partial charge in [0, 0.05) is 13.2 Å². The third-order valence-electron chi connectivity index (χ3n) is 2.18. The molecule has 0 unspecified atom stereocenters. The summed E-state index contributed by atoms with van der Waals surface area (Å²) in [6, 6.07) is 0. The van der Waals surface area contributed by atoms with Crippen LogP contribution in [0.4, 0.5) is 5.69 Å². The molecule has 0 aliphatic rings. The van der Waals surface area contributed by atoms with E-state index in [1.807, 2.05) is 17.9 Å². The van der Waals surface area contributed by atoms with Gasteiger partial charge in [-0.3, -0.25) is 4.68 Å². The lowest BCUT2D eigenvalue weighted by molar-refractivity contribution is 0.511. The predicted molar refractivity (Wildman–Crippen MR) is 56.4 cm³/mol. The summed E-state index contributed by atoms with van der Waals surface area (Å²) in [6.07, 6.45) is 6.02. The second-order valence-electron chi connectivity index (χ2n) is 3.34. The third kappa shape index (κ3) is 2.18. The fourth-order valence-corrected chi connectivity index (χ4v) is 1.46. The predicted octanol–water partition coefficient (Wildman–Crippen LogP) is 1.58. The number of oxazole rings is 1. The summed E-state index contributed by atoms with van der Waals surface area (Å²) in [5.41, 5.74) is 2.12. The number of nitrogens with zero attached hydrogens (tertiary/aromatic N) is 3. The van der Waals surface area contributed by atoms with Crippen LogP contribution in [-0.4, -0.2) is 14.8 Å². The smallest absolute Gasteiger partial charge is 0.180 e. The van der Waals surface area contributed by atoms with Crippen LogP contribution in [0, 0.1) is 0 Å². The van der Waals surface area contributed by atoms with E-state index in [4.69, 9.17) is 4.42 Å². The van der Waals surface area contributed by atoms with E-state index in [0.29, 0.717) is 6.54 Å². The monoisotopic (exact) mass is 206 g/mol. The van der Waals surface area contributed by atoms with Crippen molar-refractivity contribution in [3.8, 4) is 0 Å². The molecule has 80 valence electrons. The Hall–Kier alpha value is -1.78. The van der Waals surface area contributed by atoms with Crippen LogP contribution in [0.5, 0.6) is 0 Å². The molecule has 5 heteroatoms. The number of nitrogens with one attached hydrogen (secondary N) is 1. The Bertz CT molecular complexity index is 419. The molecule has 0 spiro atoms. The first-order valence-electron chi connectivity index (χ1n) is 4.93. The first-order valence-corrected chi connectivity index (χ1v) is 4.93. The highest BCUT2D eigenvalue weighted by Gasteiger charge is 2.05. The highest BCUT2D eigenvalue weighted by Crippen LogP contribution is 2.14. The van der Waals surface area contributed by atoms with Crippen molar-refractivity contribution in [1.82, 2.24) is 14.8 Å². The Morgan fingerprint density at radius 2 is 2.40 bits per heavy atom. The highest BCUT2D eigenvalue weighted by molar-refractivity contribution is 5.46. The Morgan fingerprint density at radius 3 is 3.07 bits per heavy atom. The fraction of sp³-hybridized carbons (Fsp3) is 0.400. The number of anilines is 1. The number of hydrogen-bond acceptors (Lipinski definition) is 4. The zero-order chi connectivity index (χ0) is 10.7. The van der Waals surface area contributed by atoms with Gasteiger partial charge in [-0.05, 0) is 6.42 Å². The second kappa shape index (κ2) is 4.16. The van der Waals surface area contributed by atoms with Gasteiger partial charge in [0.15, 0.2) is 6.39 Å². The van der Waals surface area contributed by atoms with Crippen LogP contribution in [0.1, 0.15) is 18.4 Å². The third-order valence-corrected chi connectivity index (χ3v) is 2.18. The van der Waals surface area contributed by atoms with Gasteiger partial charge in [-0.15, -0.1) is 0 Å². The lowest BCUT2D eigenvalue weighted by Crippen LogP contribution is -1.99. The van der Waals surface area contributed by atoms with E-state index in [0.717, 1.165) is 23.6 Å². The molecule has 0 aromatic carbocycles. The Balaban J connectivity index is 2.04. The summed E-state index contributed by atoms with van der Waals surface area (Å²) < 4.78 is 6.94. The van der Waals surface area contributed by atoms with E-state index < -0.39 is 0 Å². The molecular formula is C10H14N4O. The molecular weight excluding hydrogens is 192 g/mol. The van der Waals surface area contributed by atoms with Gasteiger partial charge in [0.25, 0.3) is 0 Å². The molecule has 0 saturated carbocycles. The van der Waals surface area contributed by atoms with Crippen molar-refractivity contribution in [2.45, 2.75) is 19.9 Å². The Labute approximate surface area is 88.1 Å². The van der Waals surface area contributed by atoms with Crippen molar-refractivity contribution in [2.75, 3.05) is 5.32 Å². The van der Waals surface area contributed by atoms with Gasteiger partial charge >= 0.3 is 0 Å². The maximum absolute atomic E-state index is 5.13. The van der Waals surface area contributed by atoms with Crippen LogP contribution < -0.4 is 5.32 Å². The van der Waals surface area contributed by atoms with E-state index in [9.17, 15) is 0 Å². The van der Waals surface area contributed by atoms with Gasteiger partial charge in [-0.1, -0.05) is 6.92 Å². The van der Waals surface area contributed by atoms with Gasteiger partial charge in [-0.2, -0.15) is 5.10 Å². The molecule has 1 N–H and O–H groups in total. The molecule has 15 heavy (non-hydrogen) atoms. The van der Waals surface area contributed by atoms with Crippen molar-refractivity contribution in [3.63, 3.8) is 0 Å². The molecule has 0 saturated heterocycles. The molecule has 0 atom stereocenters. The van der Waals surface area contributed by atoms with Gasteiger partial charge in [0.05, 0.1) is 24.1 Å². The minimum atomic E-state index is 0.638. The number of rotatable bonds is 4. The standard InChI is InChI=1S/C10H14N4O/c1-3-9-10(6-14(2)13-9)12-5-8-4-11-7-15-8/h4,6-7,12H,3,5H2,1-2H3.